The SMILES string of the molecule is CC(C)CC(CN)NC(=O)Cn1cc(Br)ccc1=O.Cl. The lowest BCUT2D eigenvalue weighted by Gasteiger charge is -2.19. The zero-order chi connectivity index (χ0) is 14.4. The van der Waals surface area contributed by atoms with Gasteiger partial charge in [-0.3, -0.25) is 9.59 Å². The Morgan fingerprint density at radius 2 is 2.10 bits per heavy atom. The lowest BCUT2D eigenvalue weighted by Crippen LogP contribution is -2.43. The molecule has 1 rings (SSSR count). The summed E-state index contributed by atoms with van der Waals surface area (Å²) in [6, 6.07) is 3.03. The summed E-state index contributed by atoms with van der Waals surface area (Å²) in [7, 11) is 0. The number of nitrogens with one attached hydrogen (secondary N) is 1. The van der Waals surface area contributed by atoms with Gasteiger partial charge in [-0.1, -0.05) is 13.8 Å². The van der Waals surface area contributed by atoms with Crippen LogP contribution in [0.3, 0.4) is 0 Å². The Kier molecular flexibility index (Phi) is 8.76. The van der Waals surface area contributed by atoms with Crippen molar-refractivity contribution >= 4 is 34.2 Å². The van der Waals surface area contributed by atoms with E-state index in [1.165, 1.54) is 10.6 Å². The van der Waals surface area contributed by atoms with Crippen LogP contribution in [0.15, 0.2) is 27.6 Å². The van der Waals surface area contributed by atoms with Crippen LogP contribution in [0.4, 0.5) is 0 Å². The molecule has 0 aromatic carbocycles. The van der Waals surface area contributed by atoms with Crippen LogP contribution in [0, 0.1) is 5.92 Å². The fraction of sp³-hybridized carbons (Fsp3) is 0.538. The minimum absolute atomic E-state index is 0. The highest BCUT2D eigenvalue weighted by Gasteiger charge is 2.13. The molecule has 0 radical (unpaired) electrons. The van der Waals surface area contributed by atoms with E-state index in [4.69, 9.17) is 5.73 Å². The molecular weight excluding hydrogens is 346 g/mol. The Bertz CT molecular complexity index is 491. The Hall–Kier alpha value is -0.850. The summed E-state index contributed by atoms with van der Waals surface area (Å²) in [6.07, 6.45) is 2.43. The summed E-state index contributed by atoms with van der Waals surface area (Å²) in [5, 5.41) is 2.85. The zero-order valence-corrected chi connectivity index (χ0v) is 14.0. The fourth-order valence-electron chi connectivity index (χ4n) is 1.84. The molecule has 1 aromatic rings. The summed E-state index contributed by atoms with van der Waals surface area (Å²) < 4.78 is 2.12. The molecule has 0 aliphatic rings. The summed E-state index contributed by atoms with van der Waals surface area (Å²) in [6.45, 7) is 4.56. The van der Waals surface area contributed by atoms with Crippen LogP contribution in [-0.2, 0) is 11.3 Å². The smallest absolute Gasteiger partial charge is 0.251 e. The van der Waals surface area contributed by atoms with Gasteiger partial charge in [0.05, 0.1) is 0 Å². The lowest BCUT2D eigenvalue weighted by atomic mass is 10.0. The predicted octanol–water partition coefficient (Wildman–Crippen LogP) is 1.52. The first-order valence-electron chi connectivity index (χ1n) is 6.27. The third kappa shape index (κ3) is 6.54. The van der Waals surface area contributed by atoms with Crippen LogP contribution in [0.1, 0.15) is 20.3 Å². The lowest BCUT2D eigenvalue weighted by molar-refractivity contribution is -0.122. The molecule has 0 aliphatic heterocycles. The summed E-state index contributed by atoms with van der Waals surface area (Å²) in [4.78, 5) is 23.5. The molecule has 0 spiro atoms. The zero-order valence-electron chi connectivity index (χ0n) is 11.6. The van der Waals surface area contributed by atoms with Gasteiger partial charge in [-0.15, -0.1) is 12.4 Å². The summed E-state index contributed by atoms with van der Waals surface area (Å²) in [5.74, 6) is 0.263. The van der Waals surface area contributed by atoms with E-state index in [1.807, 2.05) is 0 Å². The molecule has 5 nitrogen and oxygen atoms in total. The molecule has 20 heavy (non-hydrogen) atoms. The largest absolute Gasteiger partial charge is 0.351 e. The molecule has 1 heterocycles. The fourth-order valence-corrected chi connectivity index (χ4v) is 2.22. The first-order chi connectivity index (χ1) is 8.92. The number of aromatic nitrogens is 1. The Balaban J connectivity index is 0.00000361. The minimum atomic E-state index is -0.202. The van der Waals surface area contributed by atoms with Crippen molar-refractivity contribution in [2.45, 2.75) is 32.9 Å². The molecule has 3 N–H and O–H groups in total. The van der Waals surface area contributed by atoms with Gasteiger partial charge < -0.3 is 15.6 Å². The van der Waals surface area contributed by atoms with Crippen molar-refractivity contribution in [3.05, 3.63) is 33.2 Å². The summed E-state index contributed by atoms with van der Waals surface area (Å²) in [5.41, 5.74) is 5.42. The average Bonchev–Trinajstić information content (AvgIpc) is 2.32. The van der Waals surface area contributed by atoms with Gasteiger partial charge in [0.1, 0.15) is 6.54 Å². The van der Waals surface area contributed by atoms with Crippen LogP contribution in [0.25, 0.3) is 0 Å². The Labute approximate surface area is 133 Å². The quantitative estimate of drug-likeness (QED) is 0.801. The first-order valence-corrected chi connectivity index (χ1v) is 7.07. The van der Waals surface area contributed by atoms with Crippen molar-refractivity contribution in [2.75, 3.05) is 6.54 Å². The van der Waals surface area contributed by atoms with Gasteiger partial charge >= 0.3 is 0 Å². The van der Waals surface area contributed by atoms with Gasteiger partial charge in [-0.2, -0.15) is 0 Å². The van der Waals surface area contributed by atoms with E-state index >= 15 is 0 Å². The van der Waals surface area contributed by atoms with Crippen molar-refractivity contribution in [2.24, 2.45) is 11.7 Å². The molecule has 0 saturated carbocycles. The average molecular weight is 367 g/mol. The van der Waals surface area contributed by atoms with Crippen LogP contribution >= 0.6 is 28.3 Å². The minimum Gasteiger partial charge on any atom is -0.351 e. The highest BCUT2D eigenvalue weighted by atomic mass is 79.9. The highest BCUT2D eigenvalue weighted by Crippen LogP contribution is 2.05. The molecular formula is C13H21BrClN3O2. The van der Waals surface area contributed by atoms with Crippen LogP contribution in [-0.4, -0.2) is 23.1 Å². The maximum Gasteiger partial charge on any atom is 0.251 e. The molecule has 0 fully saturated rings. The summed E-state index contributed by atoms with van der Waals surface area (Å²) >= 11 is 3.27. The third-order valence-corrected chi connectivity index (χ3v) is 3.14. The molecule has 1 amide bonds. The second-order valence-electron chi connectivity index (χ2n) is 4.94. The number of nitrogens with zero attached hydrogens (tertiary/aromatic N) is 1. The number of hydrogen-bond acceptors (Lipinski definition) is 3. The molecule has 1 aromatic heterocycles. The van der Waals surface area contributed by atoms with Crippen LogP contribution in [0.2, 0.25) is 0 Å². The molecule has 114 valence electrons. The van der Waals surface area contributed by atoms with Crippen LogP contribution in [0.5, 0.6) is 0 Å². The normalized spacial score (nSPS) is 11.8. The van der Waals surface area contributed by atoms with Crippen molar-refractivity contribution < 1.29 is 4.79 Å². The number of rotatable bonds is 6. The monoisotopic (exact) mass is 365 g/mol. The number of carbonyl (C=O) groups is 1. The third-order valence-electron chi connectivity index (χ3n) is 2.67. The van der Waals surface area contributed by atoms with Gasteiger partial charge in [-0.25, -0.2) is 0 Å². The van der Waals surface area contributed by atoms with Crippen molar-refractivity contribution in [1.82, 2.24) is 9.88 Å². The standard InChI is InChI=1S/C13H20BrN3O2.ClH/c1-9(2)5-11(6-15)16-12(18)8-17-7-10(14)3-4-13(17)19;/h3-4,7,9,11H,5-6,8,15H2,1-2H3,(H,16,18);1H. The number of amides is 1. The van der Waals surface area contributed by atoms with Crippen LogP contribution < -0.4 is 16.6 Å². The van der Waals surface area contributed by atoms with Gasteiger partial charge in [0, 0.05) is 29.3 Å². The second kappa shape index (κ2) is 9.15. The van der Waals surface area contributed by atoms with E-state index in [-0.39, 0.29) is 36.5 Å². The maximum atomic E-state index is 11.9. The van der Waals surface area contributed by atoms with Gasteiger partial charge in [0.15, 0.2) is 0 Å². The number of nitrogens with two attached hydrogens (primary N) is 1. The van der Waals surface area contributed by atoms with Gasteiger partial charge in [0.25, 0.3) is 5.56 Å². The van der Waals surface area contributed by atoms with Crippen molar-refractivity contribution in [3.8, 4) is 0 Å². The molecule has 0 saturated heterocycles. The Morgan fingerprint density at radius 3 is 2.65 bits per heavy atom. The molecule has 0 aliphatic carbocycles. The molecule has 1 unspecified atom stereocenters. The second-order valence-corrected chi connectivity index (χ2v) is 5.86. The van der Waals surface area contributed by atoms with E-state index in [2.05, 4.69) is 35.1 Å². The van der Waals surface area contributed by atoms with Crippen molar-refractivity contribution in [1.29, 1.82) is 0 Å². The van der Waals surface area contributed by atoms with E-state index in [1.54, 1.807) is 12.3 Å². The maximum absolute atomic E-state index is 11.9. The molecule has 7 heteroatoms. The van der Waals surface area contributed by atoms with E-state index in [0.29, 0.717) is 12.5 Å². The number of hydrogen-bond donors (Lipinski definition) is 2. The predicted molar refractivity (Wildman–Crippen MR) is 86.1 cm³/mol. The van der Waals surface area contributed by atoms with E-state index in [0.717, 1.165) is 10.9 Å². The number of halogens is 2. The van der Waals surface area contributed by atoms with E-state index in [9.17, 15) is 9.59 Å². The number of carbonyl (C=O) groups excluding carboxylic acids is 1. The van der Waals surface area contributed by atoms with Gasteiger partial charge in [-0.05, 0) is 34.3 Å². The van der Waals surface area contributed by atoms with Gasteiger partial charge in [0.2, 0.25) is 5.91 Å². The van der Waals surface area contributed by atoms with E-state index < -0.39 is 0 Å². The first kappa shape index (κ1) is 19.1. The topological polar surface area (TPSA) is 77.1 Å². The highest BCUT2D eigenvalue weighted by molar-refractivity contribution is 9.10. The number of pyridine rings is 1. The van der Waals surface area contributed by atoms with Crippen molar-refractivity contribution in [3.63, 3.8) is 0 Å². The molecule has 0 bridgehead atoms. The Morgan fingerprint density at radius 1 is 1.45 bits per heavy atom. The molecule has 1 atom stereocenters.